The lowest BCUT2D eigenvalue weighted by molar-refractivity contribution is 0.512. The molecule has 13 heavy (non-hydrogen) atoms. The van der Waals surface area contributed by atoms with Gasteiger partial charge in [-0.25, -0.2) is 0 Å². The third kappa shape index (κ3) is 8.08. The molecule has 0 saturated heterocycles. The van der Waals surface area contributed by atoms with Crippen molar-refractivity contribution >= 4 is 0 Å². The fourth-order valence-corrected chi connectivity index (χ4v) is 1.72. The van der Waals surface area contributed by atoms with E-state index in [0.717, 1.165) is 5.92 Å². The molecule has 0 N–H and O–H groups in total. The van der Waals surface area contributed by atoms with E-state index in [-0.39, 0.29) is 0 Å². The Bertz CT molecular complexity index is 113. The van der Waals surface area contributed by atoms with Crippen molar-refractivity contribution in [2.24, 2.45) is 5.92 Å². The van der Waals surface area contributed by atoms with Gasteiger partial charge in [-0.15, -0.1) is 0 Å². The molecule has 1 unspecified atom stereocenters. The number of hydrogen-bond acceptors (Lipinski definition) is 0. The molecule has 0 nitrogen and oxygen atoms in total. The maximum absolute atomic E-state index is 2.36. The fourth-order valence-electron chi connectivity index (χ4n) is 1.72. The van der Waals surface area contributed by atoms with Crippen molar-refractivity contribution < 1.29 is 0 Å². The van der Waals surface area contributed by atoms with Crippen LogP contribution in [0.4, 0.5) is 0 Å². The van der Waals surface area contributed by atoms with E-state index in [1.54, 1.807) is 0 Å². The summed E-state index contributed by atoms with van der Waals surface area (Å²) in [6, 6.07) is 0. The summed E-state index contributed by atoms with van der Waals surface area (Å²) in [5.74, 6) is 0.839. The lowest BCUT2D eigenvalue weighted by Crippen LogP contribution is -1.93. The van der Waals surface area contributed by atoms with Crippen LogP contribution in [-0.2, 0) is 0 Å². The van der Waals surface area contributed by atoms with Gasteiger partial charge < -0.3 is 0 Å². The number of unbranched alkanes of at least 4 members (excludes halogenated alkanes) is 4. The Hall–Kier alpha value is -0.260. The maximum atomic E-state index is 2.36. The van der Waals surface area contributed by atoms with Gasteiger partial charge in [-0.1, -0.05) is 58.1 Å². The molecule has 0 fully saturated rings. The first kappa shape index (κ1) is 12.7. The smallest absolute Gasteiger partial charge is 0.0236 e. The first-order chi connectivity index (χ1) is 6.35. The Morgan fingerprint density at radius 2 is 1.69 bits per heavy atom. The fraction of sp³-hybridized carbons (Fsp3) is 0.846. The van der Waals surface area contributed by atoms with E-state index in [9.17, 15) is 0 Å². The minimum atomic E-state index is 0.839. The van der Waals surface area contributed by atoms with Crippen molar-refractivity contribution in [1.82, 2.24) is 0 Å². The Labute approximate surface area is 84.4 Å². The summed E-state index contributed by atoms with van der Waals surface area (Å²) in [6.07, 6.45) is 14.3. The van der Waals surface area contributed by atoms with Crippen LogP contribution >= 0.6 is 0 Å². The highest BCUT2D eigenvalue weighted by molar-refractivity contribution is 4.84. The molecule has 0 spiro atoms. The largest absolute Gasteiger partial charge is 0.0914 e. The average molecular weight is 182 g/mol. The van der Waals surface area contributed by atoms with Crippen molar-refractivity contribution in [2.75, 3.05) is 0 Å². The van der Waals surface area contributed by atoms with Crippen LogP contribution < -0.4 is 0 Å². The van der Waals surface area contributed by atoms with Crippen LogP contribution in [0.25, 0.3) is 0 Å². The van der Waals surface area contributed by atoms with Crippen LogP contribution in [0.3, 0.4) is 0 Å². The summed E-state index contributed by atoms with van der Waals surface area (Å²) in [4.78, 5) is 0. The molecule has 78 valence electrons. The van der Waals surface area contributed by atoms with Gasteiger partial charge in [0, 0.05) is 0 Å². The zero-order chi connectivity index (χ0) is 9.94. The van der Waals surface area contributed by atoms with Crippen molar-refractivity contribution in [3.63, 3.8) is 0 Å². The second-order valence-corrected chi connectivity index (χ2v) is 3.90. The molecule has 0 saturated carbocycles. The third-order valence-corrected chi connectivity index (χ3v) is 2.67. The first-order valence-electron chi connectivity index (χ1n) is 5.97. The predicted molar refractivity (Wildman–Crippen MR) is 62.0 cm³/mol. The molecular weight excluding hydrogens is 156 g/mol. The van der Waals surface area contributed by atoms with E-state index in [4.69, 9.17) is 0 Å². The quantitative estimate of drug-likeness (QED) is 0.368. The topological polar surface area (TPSA) is 0 Å². The van der Waals surface area contributed by atoms with Crippen LogP contribution in [0.2, 0.25) is 0 Å². The van der Waals surface area contributed by atoms with Gasteiger partial charge in [0.1, 0.15) is 0 Å². The van der Waals surface area contributed by atoms with Gasteiger partial charge in [-0.3, -0.25) is 0 Å². The zero-order valence-electron chi connectivity index (χ0n) is 9.68. The van der Waals surface area contributed by atoms with Crippen LogP contribution in [0, 0.1) is 5.92 Å². The highest BCUT2D eigenvalue weighted by Crippen LogP contribution is 2.15. The predicted octanol–water partition coefficient (Wildman–Crippen LogP) is 4.95. The summed E-state index contributed by atoms with van der Waals surface area (Å²) in [5.41, 5.74) is 0. The molecule has 0 aliphatic rings. The Morgan fingerprint density at radius 1 is 1.00 bits per heavy atom. The molecule has 0 bridgehead atoms. The standard InChI is InChI=1S/C13H26/c1-4-7-8-9-10-12-13(6-3)11-5-2/h5,11,13H,4,6-10,12H2,1-3H3. The summed E-state index contributed by atoms with van der Waals surface area (Å²) < 4.78 is 0. The Morgan fingerprint density at radius 3 is 2.23 bits per heavy atom. The summed E-state index contributed by atoms with van der Waals surface area (Å²) in [7, 11) is 0. The van der Waals surface area contributed by atoms with Crippen molar-refractivity contribution in [3.05, 3.63) is 12.2 Å². The van der Waals surface area contributed by atoms with E-state index >= 15 is 0 Å². The highest BCUT2D eigenvalue weighted by Gasteiger charge is 2.00. The number of rotatable bonds is 8. The molecule has 0 heterocycles. The Balaban J connectivity index is 3.28. The normalized spacial score (nSPS) is 13.8. The molecule has 0 aromatic rings. The second kappa shape index (κ2) is 9.83. The number of hydrogen-bond donors (Lipinski definition) is 0. The summed E-state index contributed by atoms with van der Waals surface area (Å²) in [6.45, 7) is 6.69. The van der Waals surface area contributed by atoms with Gasteiger partial charge >= 0.3 is 0 Å². The van der Waals surface area contributed by atoms with E-state index in [2.05, 4.69) is 32.9 Å². The van der Waals surface area contributed by atoms with E-state index in [0.29, 0.717) is 0 Å². The molecule has 0 aromatic heterocycles. The van der Waals surface area contributed by atoms with Gasteiger partial charge in [-0.05, 0) is 25.7 Å². The first-order valence-corrected chi connectivity index (χ1v) is 5.97. The lowest BCUT2D eigenvalue weighted by atomic mass is 9.98. The molecule has 1 atom stereocenters. The molecule has 0 rings (SSSR count). The SMILES string of the molecule is CC=CC(CC)CCCCCCC. The van der Waals surface area contributed by atoms with E-state index < -0.39 is 0 Å². The van der Waals surface area contributed by atoms with Crippen molar-refractivity contribution in [1.29, 1.82) is 0 Å². The van der Waals surface area contributed by atoms with E-state index in [1.165, 1.54) is 44.9 Å². The monoisotopic (exact) mass is 182 g/mol. The summed E-state index contributed by atoms with van der Waals surface area (Å²) in [5, 5.41) is 0. The second-order valence-electron chi connectivity index (χ2n) is 3.90. The number of allylic oxidation sites excluding steroid dienone is 2. The van der Waals surface area contributed by atoms with Gasteiger partial charge in [0.2, 0.25) is 0 Å². The molecular formula is C13H26. The molecule has 0 radical (unpaired) electrons. The molecule has 0 aliphatic carbocycles. The minimum absolute atomic E-state index is 0.839. The Kier molecular flexibility index (Phi) is 9.63. The average Bonchev–Trinajstić information content (AvgIpc) is 2.16. The molecule has 0 amide bonds. The van der Waals surface area contributed by atoms with Crippen LogP contribution in [-0.4, -0.2) is 0 Å². The molecule has 0 aromatic carbocycles. The van der Waals surface area contributed by atoms with Gasteiger partial charge in [0.05, 0.1) is 0 Å². The third-order valence-electron chi connectivity index (χ3n) is 2.67. The van der Waals surface area contributed by atoms with Gasteiger partial charge in [-0.2, -0.15) is 0 Å². The highest BCUT2D eigenvalue weighted by atomic mass is 14.1. The molecule has 0 aliphatic heterocycles. The lowest BCUT2D eigenvalue weighted by Gasteiger charge is -2.08. The van der Waals surface area contributed by atoms with Crippen LogP contribution in [0.1, 0.15) is 65.7 Å². The van der Waals surface area contributed by atoms with Crippen LogP contribution in [0.5, 0.6) is 0 Å². The maximum Gasteiger partial charge on any atom is -0.0236 e. The minimum Gasteiger partial charge on any atom is -0.0914 e. The van der Waals surface area contributed by atoms with Crippen LogP contribution in [0.15, 0.2) is 12.2 Å². The molecule has 0 heteroatoms. The van der Waals surface area contributed by atoms with Crippen molar-refractivity contribution in [3.8, 4) is 0 Å². The van der Waals surface area contributed by atoms with Gasteiger partial charge in [0.25, 0.3) is 0 Å². The zero-order valence-corrected chi connectivity index (χ0v) is 9.68. The summed E-state index contributed by atoms with van der Waals surface area (Å²) >= 11 is 0. The van der Waals surface area contributed by atoms with E-state index in [1.807, 2.05) is 0 Å². The van der Waals surface area contributed by atoms with Crippen molar-refractivity contribution in [2.45, 2.75) is 65.7 Å². The van der Waals surface area contributed by atoms with Gasteiger partial charge in [0.15, 0.2) is 0 Å².